The number of aromatic nitrogens is 3. The second-order valence-electron chi connectivity index (χ2n) is 5.68. The molecule has 7 nitrogen and oxygen atoms in total. The van der Waals surface area contributed by atoms with Gasteiger partial charge in [-0.15, -0.1) is 0 Å². The van der Waals surface area contributed by atoms with Gasteiger partial charge < -0.3 is 15.3 Å². The van der Waals surface area contributed by atoms with Crippen LogP contribution in [0.5, 0.6) is 0 Å². The minimum absolute atomic E-state index is 0.00414. The summed E-state index contributed by atoms with van der Waals surface area (Å²) in [6.07, 6.45) is 3.52. The number of nitrogens with zero attached hydrogens (tertiary/aromatic N) is 4. The van der Waals surface area contributed by atoms with Crippen LogP contribution in [0.2, 0.25) is 0 Å². The summed E-state index contributed by atoms with van der Waals surface area (Å²) in [4.78, 5) is 18.7. The van der Waals surface area contributed by atoms with Gasteiger partial charge in [-0.2, -0.15) is 5.10 Å². The Morgan fingerprint density at radius 1 is 1.43 bits per heavy atom. The maximum Gasteiger partial charge on any atom is 0.272 e. The fraction of sp³-hybridized carbons (Fsp3) is 0.438. The number of aliphatic hydroxyl groups excluding tert-OH is 1. The summed E-state index contributed by atoms with van der Waals surface area (Å²) in [6.45, 7) is 1.27. The molecule has 3 heterocycles. The van der Waals surface area contributed by atoms with E-state index < -0.39 is 0 Å². The standard InChI is InChI=1S/C16H21N5O2/c1-20-12(7-8-18-20)10-17-15-6-2-5-14(19-15)16(23)21-9-3-4-13(21)11-22/h2,5-8,13,22H,3-4,9-11H2,1H3,(H,17,19)/t13-/m1/s1. The average molecular weight is 315 g/mol. The lowest BCUT2D eigenvalue weighted by Crippen LogP contribution is -2.38. The van der Waals surface area contributed by atoms with Gasteiger partial charge in [-0.1, -0.05) is 6.07 Å². The summed E-state index contributed by atoms with van der Waals surface area (Å²) in [5, 5.41) is 16.7. The lowest BCUT2D eigenvalue weighted by atomic mass is 10.2. The van der Waals surface area contributed by atoms with Crippen LogP contribution in [-0.4, -0.2) is 49.9 Å². The molecule has 0 spiro atoms. The van der Waals surface area contributed by atoms with E-state index in [9.17, 15) is 9.90 Å². The smallest absolute Gasteiger partial charge is 0.272 e. The fourth-order valence-electron chi connectivity index (χ4n) is 2.85. The van der Waals surface area contributed by atoms with Crippen LogP contribution in [0, 0.1) is 0 Å². The van der Waals surface area contributed by atoms with Crippen LogP contribution in [0.4, 0.5) is 5.82 Å². The molecule has 0 unspecified atom stereocenters. The van der Waals surface area contributed by atoms with E-state index in [4.69, 9.17) is 0 Å². The van der Waals surface area contributed by atoms with E-state index in [0.29, 0.717) is 24.6 Å². The third-order valence-electron chi connectivity index (χ3n) is 4.19. The number of nitrogens with one attached hydrogen (secondary N) is 1. The van der Waals surface area contributed by atoms with E-state index >= 15 is 0 Å². The van der Waals surface area contributed by atoms with Crippen molar-refractivity contribution in [3.05, 3.63) is 41.9 Å². The summed E-state index contributed by atoms with van der Waals surface area (Å²) in [6, 6.07) is 7.20. The number of aliphatic hydroxyl groups is 1. The monoisotopic (exact) mass is 315 g/mol. The quantitative estimate of drug-likeness (QED) is 0.861. The van der Waals surface area contributed by atoms with Crippen molar-refractivity contribution in [3.8, 4) is 0 Å². The van der Waals surface area contributed by atoms with Gasteiger partial charge in [0.25, 0.3) is 5.91 Å². The topological polar surface area (TPSA) is 83.3 Å². The van der Waals surface area contributed by atoms with Gasteiger partial charge in [0, 0.05) is 19.8 Å². The molecule has 1 fully saturated rings. The molecule has 0 aliphatic carbocycles. The van der Waals surface area contributed by atoms with Crippen molar-refractivity contribution < 1.29 is 9.90 Å². The SMILES string of the molecule is Cn1nccc1CNc1cccc(C(=O)N2CCC[C@@H]2CO)n1. The summed E-state index contributed by atoms with van der Waals surface area (Å²) in [5.41, 5.74) is 1.43. The van der Waals surface area contributed by atoms with Crippen molar-refractivity contribution in [2.75, 3.05) is 18.5 Å². The predicted octanol–water partition coefficient (Wildman–Crippen LogP) is 1.02. The van der Waals surface area contributed by atoms with Crippen LogP contribution in [-0.2, 0) is 13.6 Å². The molecule has 0 aromatic carbocycles. The molecule has 2 aromatic rings. The Balaban J connectivity index is 1.69. The van der Waals surface area contributed by atoms with Crippen molar-refractivity contribution in [1.29, 1.82) is 0 Å². The van der Waals surface area contributed by atoms with Gasteiger partial charge in [0.2, 0.25) is 0 Å². The molecule has 1 aliphatic rings. The van der Waals surface area contributed by atoms with Gasteiger partial charge >= 0.3 is 0 Å². The molecule has 0 saturated carbocycles. The number of hydrogen-bond donors (Lipinski definition) is 2. The van der Waals surface area contributed by atoms with Crippen LogP contribution in [0.1, 0.15) is 29.0 Å². The number of amides is 1. The Labute approximate surface area is 134 Å². The molecule has 3 rings (SSSR count). The summed E-state index contributed by atoms with van der Waals surface area (Å²) in [7, 11) is 1.88. The van der Waals surface area contributed by atoms with E-state index in [2.05, 4.69) is 15.4 Å². The van der Waals surface area contributed by atoms with E-state index in [1.807, 2.05) is 25.2 Å². The molecule has 2 aromatic heterocycles. The number of carbonyl (C=O) groups is 1. The summed E-state index contributed by atoms with van der Waals surface area (Å²) < 4.78 is 1.79. The Hall–Kier alpha value is -2.41. The highest BCUT2D eigenvalue weighted by Gasteiger charge is 2.29. The van der Waals surface area contributed by atoms with Gasteiger partial charge in [-0.25, -0.2) is 4.98 Å². The lowest BCUT2D eigenvalue weighted by Gasteiger charge is -2.22. The molecule has 1 amide bonds. The predicted molar refractivity (Wildman–Crippen MR) is 85.9 cm³/mol. The summed E-state index contributed by atoms with van der Waals surface area (Å²) in [5.74, 6) is 0.530. The van der Waals surface area contributed by atoms with Crippen molar-refractivity contribution in [2.45, 2.75) is 25.4 Å². The Bertz CT molecular complexity index is 685. The number of hydrogen-bond acceptors (Lipinski definition) is 5. The molecule has 7 heteroatoms. The van der Waals surface area contributed by atoms with Crippen molar-refractivity contribution in [1.82, 2.24) is 19.7 Å². The van der Waals surface area contributed by atoms with Crippen molar-refractivity contribution in [3.63, 3.8) is 0 Å². The van der Waals surface area contributed by atoms with Gasteiger partial charge in [0.05, 0.1) is 24.9 Å². The molecule has 1 saturated heterocycles. The zero-order chi connectivity index (χ0) is 16.2. The molecule has 23 heavy (non-hydrogen) atoms. The number of carbonyl (C=O) groups excluding carboxylic acids is 1. The maximum absolute atomic E-state index is 12.6. The number of rotatable bonds is 5. The largest absolute Gasteiger partial charge is 0.394 e. The number of anilines is 1. The van der Waals surface area contributed by atoms with Gasteiger partial charge in [-0.3, -0.25) is 9.48 Å². The van der Waals surface area contributed by atoms with Crippen LogP contribution in [0.15, 0.2) is 30.5 Å². The van der Waals surface area contributed by atoms with E-state index in [1.54, 1.807) is 21.8 Å². The van der Waals surface area contributed by atoms with E-state index in [-0.39, 0.29) is 18.6 Å². The number of likely N-dealkylation sites (tertiary alicyclic amines) is 1. The van der Waals surface area contributed by atoms with Crippen molar-refractivity contribution in [2.24, 2.45) is 7.05 Å². The Kier molecular flexibility index (Phi) is 4.57. The second-order valence-corrected chi connectivity index (χ2v) is 5.68. The Morgan fingerprint density at radius 3 is 3.04 bits per heavy atom. The number of pyridine rings is 1. The minimum atomic E-state index is -0.120. The van der Waals surface area contributed by atoms with Crippen LogP contribution in [0.25, 0.3) is 0 Å². The van der Waals surface area contributed by atoms with E-state index in [0.717, 1.165) is 18.5 Å². The highest BCUT2D eigenvalue weighted by molar-refractivity contribution is 5.93. The van der Waals surface area contributed by atoms with Crippen LogP contribution in [0.3, 0.4) is 0 Å². The first-order chi connectivity index (χ1) is 11.2. The highest BCUT2D eigenvalue weighted by Crippen LogP contribution is 2.19. The third-order valence-corrected chi connectivity index (χ3v) is 4.19. The lowest BCUT2D eigenvalue weighted by molar-refractivity contribution is 0.0672. The molecule has 1 atom stereocenters. The first-order valence-corrected chi connectivity index (χ1v) is 7.78. The fourth-order valence-corrected chi connectivity index (χ4v) is 2.85. The van der Waals surface area contributed by atoms with Crippen LogP contribution >= 0.6 is 0 Å². The van der Waals surface area contributed by atoms with Crippen molar-refractivity contribution >= 4 is 11.7 Å². The van der Waals surface area contributed by atoms with Gasteiger partial charge in [0.1, 0.15) is 11.5 Å². The first-order valence-electron chi connectivity index (χ1n) is 7.78. The minimum Gasteiger partial charge on any atom is -0.394 e. The third kappa shape index (κ3) is 3.34. The molecular weight excluding hydrogens is 294 g/mol. The highest BCUT2D eigenvalue weighted by atomic mass is 16.3. The van der Waals surface area contributed by atoms with Gasteiger partial charge in [-0.05, 0) is 31.0 Å². The molecule has 0 bridgehead atoms. The number of aryl methyl sites for hydroxylation is 1. The molecule has 0 radical (unpaired) electrons. The average Bonchev–Trinajstić information content (AvgIpc) is 3.21. The molecule has 1 aliphatic heterocycles. The molecule has 122 valence electrons. The first kappa shape index (κ1) is 15.5. The van der Waals surface area contributed by atoms with Gasteiger partial charge in [0.15, 0.2) is 0 Å². The van der Waals surface area contributed by atoms with Crippen LogP contribution < -0.4 is 5.32 Å². The van der Waals surface area contributed by atoms with E-state index in [1.165, 1.54) is 0 Å². The normalized spacial score (nSPS) is 17.5. The molecular formula is C16H21N5O2. The maximum atomic E-state index is 12.6. The molecule has 2 N–H and O–H groups in total. The summed E-state index contributed by atoms with van der Waals surface area (Å²) >= 11 is 0. The Morgan fingerprint density at radius 2 is 2.30 bits per heavy atom. The zero-order valence-corrected chi connectivity index (χ0v) is 13.1. The second kappa shape index (κ2) is 6.78. The zero-order valence-electron chi connectivity index (χ0n) is 13.1.